The van der Waals surface area contributed by atoms with E-state index in [1.54, 1.807) is 11.0 Å². The predicted molar refractivity (Wildman–Crippen MR) is 128 cm³/mol. The molecule has 35 heavy (non-hydrogen) atoms. The van der Waals surface area contributed by atoms with E-state index in [2.05, 4.69) is 9.64 Å². The fourth-order valence-electron chi connectivity index (χ4n) is 4.58. The van der Waals surface area contributed by atoms with E-state index in [1.165, 1.54) is 12.0 Å². The Morgan fingerprint density at radius 2 is 1.91 bits per heavy atom. The fraction of sp³-hybridized carbons (Fsp3) is 0.600. The molecular weight excluding hydrogens is 452 g/mol. The van der Waals surface area contributed by atoms with E-state index in [0.29, 0.717) is 31.7 Å². The Balaban J connectivity index is 1.63. The molecule has 3 amide bonds. The van der Waals surface area contributed by atoms with Gasteiger partial charge in [-0.15, -0.1) is 0 Å². The van der Waals surface area contributed by atoms with E-state index < -0.39 is 23.5 Å². The van der Waals surface area contributed by atoms with Crippen molar-refractivity contribution in [1.29, 1.82) is 0 Å². The normalized spacial score (nSPS) is 19.3. The molecule has 2 N–H and O–H groups in total. The van der Waals surface area contributed by atoms with Crippen LogP contribution in [0.5, 0.6) is 0 Å². The molecule has 0 saturated carbocycles. The van der Waals surface area contributed by atoms with E-state index in [4.69, 9.17) is 10.5 Å². The van der Waals surface area contributed by atoms with Crippen molar-refractivity contribution >= 4 is 23.9 Å². The molecule has 2 heterocycles. The molecule has 1 aromatic carbocycles. The first kappa shape index (κ1) is 26.5. The monoisotopic (exact) mass is 488 g/mol. The lowest BCUT2D eigenvalue weighted by Crippen LogP contribution is -2.54. The van der Waals surface area contributed by atoms with Crippen LogP contribution in [0.25, 0.3) is 0 Å². The first-order valence-corrected chi connectivity index (χ1v) is 11.9. The summed E-state index contributed by atoms with van der Waals surface area (Å²) < 4.78 is 10.2. The molecule has 0 aliphatic carbocycles. The number of nitrogens with zero attached hydrogens (tertiary/aromatic N) is 3. The Morgan fingerprint density at radius 1 is 1.20 bits per heavy atom. The second-order valence-electron chi connectivity index (χ2n) is 10.2. The molecule has 1 aromatic rings. The molecular formula is C25H36N4O6. The molecule has 3 rings (SSSR count). The number of methoxy groups -OCH3 is 1. The zero-order valence-electron chi connectivity index (χ0n) is 21.2. The zero-order chi connectivity index (χ0) is 25.9. The molecule has 10 nitrogen and oxygen atoms in total. The number of fused-ring (bicyclic) bond motifs is 1. The number of hydrogen-bond acceptors (Lipinski definition) is 7. The number of piperazine rings is 1. The fourth-order valence-corrected chi connectivity index (χ4v) is 4.58. The van der Waals surface area contributed by atoms with Crippen LogP contribution in [0.1, 0.15) is 62.0 Å². The van der Waals surface area contributed by atoms with Crippen LogP contribution in [0.3, 0.4) is 0 Å². The number of benzene rings is 1. The minimum Gasteiger partial charge on any atom is -0.469 e. The Bertz CT molecular complexity index is 989. The maximum atomic E-state index is 12.9. The summed E-state index contributed by atoms with van der Waals surface area (Å²) >= 11 is 0. The van der Waals surface area contributed by atoms with Crippen molar-refractivity contribution in [3.63, 3.8) is 0 Å². The van der Waals surface area contributed by atoms with Gasteiger partial charge >= 0.3 is 12.1 Å². The van der Waals surface area contributed by atoms with E-state index >= 15 is 0 Å². The average Bonchev–Trinajstić information content (AvgIpc) is 3.07. The van der Waals surface area contributed by atoms with Gasteiger partial charge in [-0.3, -0.25) is 19.3 Å². The molecule has 0 spiro atoms. The average molecular weight is 489 g/mol. The highest BCUT2D eigenvalue weighted by Gasteiger charge is 2.36. The van der Waals surface area contributed by atoms with Crippen LogP contribution in [-0.2, 0) is 32.2 Å². The summed E-state index contributed by atoms with van der Waals surface area (Å²) in [4.78, 5) is 54.4. The third kappa shape index (κ3) is 6.50. The summed E-state index contributed by atoms with van der Waals surface area (Å²) in [5, 5.41) is 0. The number of primary amides is 1. The van der Waals surface area contributed by atoms with Gasteiger partial charge in [-0.25, -0.2) is 4.79 Å². The van der Waals surface area contributed by atoms with Crippen LogP contribution in [-0.4, -0.2) is 83.0 Å². The second kappa shape index (κ2) is 10.6. The Labute approximate surface area is 206 Å². The summed E-state index contributed by atoms with van der Waals surface area (Å²) in [5.41, 5.74) is 7.43. The van der Waals surface area contributed by atoms with Gasteiger partial charge < -0.3 is 25.0 Å². The molecule has 1 saturated heterocycles. The first-order valence-electron chi connectivity index (χ1n) is 11.9. The van der Waals surface area contributed by atoms with Crippen molar-refractivity contribution in [1.82, 2.24) is 14.7 Å². The number of carbonyl (C=O) groups excluding carboxylic acids is 4. The largest absolute Gasteiger partial charge is 0.469 e. The third-order valence-corrected chi connectivity index (χ3v) is 6.30. The number of ether oxygens (including phenoxy) is 2. The first-order chi connectivity index (χ1) is 16.4. The van der Waals surface area contributed by atoms with Gasteiger partial charge in [0, 0.05) is 50.7 Å². The summed E-state index contributed by atoms with van der Waals surface area (Å²) in [5.74, 6) is -1.37. The molecule has 2 aliphatic heterocycles. The molecule has 0 radical (unpaired) electrons. The standard InChI is InChI=1S/C25H36N4O6/c1-16-13-27(10-11-28(16)24(33)35-25(2,3)4)14-17-6-7-19-18(12-17)15-29(23(19)32)20(22(26)31)8-9-21(30)34-5/h6-7,12,16,20H,8-11,13-15H2,1-5H3,(H2,26,31)/t16-,20?/m0/s1. The number of carbonyl (C=O) groups is 4. The Hall–Kier alpha value is -3.14. The van der Waals surface area contributed by atoms with Crippen LogP contribution in [0, 0.1) is 0 Å². The zero-order valence-corrected chi connectivity index (χ0v) is 21.2. The van der Waals surface area contributed by atoms with Crippen molar-refractivity contribution in [2.45, 2.75) is 71.3 Å². The van der Waals surface area contributed by atoms with Crippen LogP contribution in [0.2, 0.25) is 0 Å². The number of rotatable bonds is 7. The summed E-state index contributed by atoms with van der Waals surface area (Å²) in [6.07, 6.45) is -0.172. The molecule has 10 heteroatoms. The molecule has 192 valence electrons. The van der Waals surface area contributed by atoms with E-state index in [1.807, 2.05) is 39.8 Å². The number of amides is 3. The van der Waals surface area contributed by atoms with E-state index in [0.717, 1.165) is 11.1 Å². The minimum atomic E-state index is -0.876. The smallest absolute Gasteiger partial charge is 0.410 e. The summed E-state index contributed by atoms with van der Waals surface area (Å²) in [6, 6.07) is 4.82. The van der Waals surface area contributed by atoms with Crippen molar-refractivity contribution in [2.24, 2.45) is 5.73 Å². The molecule has 2 atom stereocenters. The lowest BCUT2D eigenvalue weighted by atomic mass is 10.1. The van der Waals surface area contributed by atoms with E-state index in [-0.39, 0.29) is 37.4 Å². The van der Waals surface area contributed by atoms with Gasteiger partial charge in [0.15, 0.2) is 0 Å². The highest BCUT2D eigenvalue weighted by molar-refractivity contribution is 6.01. The third-order valence-electron chi connectivity index (χ3n) is 6.30. The van der Waals surface area contributed by atoms with Crippen LogP contribution >= 0.6 is 0 Å². The van der Waals surface area contributed by atoms with Crippen LogP contribution in [0.4, 0.5) is 4.79 Å². The van der Waals surface area contributed by atoms with Gasteiger partial charge in [-0.05, 0) is 51.3 Å². The highest BCUT2D eigenvalue weighted by Crippen LogP contribution is 2.28. The summed E-state index contributed by atoms with van der Waals surface area (Å²) in [6.45, 7) is 10.5. The lowest BCUT2D eigenvalue weighted by Gasteiger charge is -2.40. The van der Waals surface area contributed by atoms with Crippen LogP contribution in [0.15, 0.2) is 18.2 Å². The number of esters is 1. The topological polar surface area (TPSA) is 122 Å². The molecule has 0 bridgehead atoms. The molecule has 1 unspecified atom stereocenters. The predicted octanol–water partition coefficient (Wildman–Crippen LogP) is 1.89. The summed E-state index contributed by atoms with van der Waals surface area (Å²) in [7, 11) is 1.28. The van der Waals surface area contributed by atoms with Crippen molar-refractivity contribution in [2.75, 3.05) is 26.7 Å². The van der Waals surface area contributed by atoms with Gasteiger partial charge in [-0.2, -0.15) is 0 Å². The number of nitrogens with two attached hydrogens (primary N) is 1. The van der Waals surface area contributed by atoms with Crippen molar-refractivity contribution in [3.05, 3.63) is 34.9 Å². The molecule has 1 fully saturated rings. The van der Waals surface area contributed by atoms with Crippen molar-refractivity contribution in [3.8, 4) is 0 Å². The number of hydrogen-bond donors (Lipinski definition) is 1. The quantitative estimate of drug-likeness (QED) is 0.582. The van der Waals surface area contributed by atoms with Gasteiger partial charge in [-0.1, -0.05) is 12.1 Å². The maximum Gasteiger partial charge on any atom is 0.410 e. The molecule has 2 aliphatic rings. The Kier molecular flexibility index (Phi) is 8.04. The van der Waals surface area contributed by atoms with E-state index in [9.17, 15) is 19.2 Å². The lowest BCUT2D eigenvalue weighted by molar-refractivity contribution is -0.141. The van der Waals surface area contributed by atoms with Crippen molar-refractivity contribution < 1.29 is 28.7 Å². The Morgan fingerprint density at radius 3 is 2.51 bits per heavy atom. The molecule has 0 aromatic heterocycles. The minimum absolute atomic E-state index is 0.00292. The highest BCUT2D eigenvalue weighted by atomic mass is 16.6. The maximum absolute atomic E-state index is 12.9. The van der Waals surface area contributed by atoms with Gasteiger partial charge in [0.25, 0.3) is 5.91 Å². The van der Waals surface area contributed by atoms with Gasteiger partial charge in [0.05, 0.1) is 7.11 Å². The van der Waals surface area contributed by atoms with Crippen LogP contribution < -0.4 is 5.73 Å². The second-order valence-corrected chi connectivity index (χ2v) is 10.2. The SMILES string of the molecule is COC(=O)CCC(C(N)=O)N1Cc2cc(CN3CCN(C(=O)OC(C)(C)C)[C@@H](C)C3)ccc2C1=O. The van der Waals surface area contributed by atoms with Gasteiger partial charge in [0.2, 0.25) is 5.91 Å². The van der Waals surface area contributed by atoms with Gasteiger partial charge in [0.1, 0.15) is 11.6 Å².